The zero-order valence-electron chi connectivity index (χ0n) is 12.3. The number of nitrogens with one attached hydrogen (secondary N) is 2. The van der Waals surface area contributed by atoms with E-state index in [2.05, 4.69) is 5.43 Å². The zero-order chi connectivity index (χ0) is 17.6. The van der Waals surface area contributed by atoms with Crippen LogP contribution in [0.25, 0.3) is 0 Å². The molecular formula is C15H14F2N2O3S2. The molecule has 0 fully saturated rings. The van der Waals surface area contributed by atoms with Gasteiger partial charge in [0.25, 0.3) is 10.0 Å². The third-order valence-corrected chi connectivity index (χ3v) is 5.10. The minimum Gasteiger partial charge on any atom is -0.278 e. The molecule has 1 amide bonds. The molecule has 0 aliphatic heterocycles. The summed E-state index contributed by atoms with van der Waals surface area (Å²) < 4.78 is 49.6. The Hall–Kier alpha value is -1.97. The fourth-order valence-electron chi connectivity index (χ4n) is 1.67. The van der Waals surface area contributed by atoms with E-state index in [1.165, 1.54) is 36.0 Å². The van der Waals surface area contributed by atoms with Crippen LogP contribution in [0.2, 0.25) is 0 Å². The van der Waals surface area contributed by atoms with Gasteiger partial charge < -0.3 is 0 Å². The number of benzene rings is 2. The second-order valence-electron chi connectivity index (χ2n) is 4.66. The van der Waals surface area contributed by atoms with Crippen molar-refractivity contribution in [3.63, 3.8) is 0 Å². The summed E-state index contributed by atoms with van der Waals surface area (Å²) in [5.74, 6) is -1.19. The van der Waals surface area contributed by atoms with Gasteiger partial charge in [-0.3, -0.25) is 10.2 Å². The van der Waals surface area contributed by atoms with Gasteiger partial charge in [-0.15, -0.1) is 16.6 Å². The Morgan fingerprint density at radius 1 is 1.04 bits per heavy atom. The van der Waals surface area contributed by atoms with Crippen molar-refractivity contribution in [1.82, 2.24) is 10.3 Å². The number of hydrazine groups is 1. The number of hydrogen-bond acceptors (Lipinski definition) is 4. The molecule has 0 spiro atoms. The van der Waals surface area contributed by atoms with Crippen molar-refractivity contribution < 1.29 is 22.0 Å². The van der Waals surface area contributed by atoms with Crippen LogP contribution in [-0.4, -0.2) is 20.1 Å². The Morgan fingerprint density at radius 3 is 2.42 bits per heavy atom. The summed E-state index contributed by atoms with van der Waals surface area (Å²) in [5, 5.41) is 0. The first-order valence-corrected chi connectivity index (χ1v) is 9.28. The molecule has 9 heteroatoms. The largest absolute Gasteiger partial charge is 0.278 e. The molecule has 2 aromatic rings. The molecule has 0 atom stereocenters. The van der Waals surface area contributed by atoms with Crippen molar-refractivity contribution in [3.05, 3.63) is 60.2 Å². The van der Waals surface area contributed by atoms with Crippen LogP contribution in [0.3, 0.4) is 0 Å². The Labute approximate surface area is 142 Å². The van der Waals surface area contributed by atoms with E-state index in [4.69, 9.17) is 0 Å². The van der Waals surface area contributed by atoms with Gasteiger partial charge in [0.2, 0.25) is 5.91 Å². The van der Waals surface area contributed by atoms with Crippen LogP contribution in [0, 0.1) is 11.6 Å². The van der Waals surface area contributed by atoms with Crippen molar-refractivity contribution in [1.29, 1.82) is 0 Å². The highest BCUT2D eigenvalue weighted by molar-refractivity contribution is 7.99. The summed E-state index contributed by atoms with van der Waals surface area (Å²) in [5.41, 5.74) is 2.06. The average Bonchev–Trinajstić information content (AvgIpc) is 2.55. The van der Waals surface area contributed by atoms with E-state index in [0.29, 0.717) is 5.75 Å². The number of thioether (sulfide) groups is 1. The first-order chi connectivity index (χ1) is 11.4. The first-order valence-electron chi connectivity index (χ1n) is 6.81. The molecule has 0 aliphatic carbocycles. The molecule has 2 aromatic carbocycles. The van der Waals surface area contributed by atoms with E-state index in [1.807, 2.05) is 4.83 Å². The van der Waals surface area contributed by atoms with E-state index in [0.717, 1.165) is 17.0 Å². The summed E-state index contributed by atoms with van der Waals surface area (Å²) >= 11 is 1.33. The monoisotopic (exact) mass is 372 g/mol. The quantitative estimate of drug-likeness (QED) is 0.578. The SMILES string of the molecule is O=C(CCSc1ccc(F)cc1)NNS(=O)(=O)c1cccc(F)c1. The highest BCUT2D eigenvalue weighted by Crippen LogP contribution is 2.18. The normalized spacial score (nSPS) is 11.2. The minimum atomic E-state index is -4.03. The van der Waals surface area contributed by atoms with Gasteiger partial charge in [-0.1, -0.05) is 6.07 Å². The minimum absolute atomic E-state index is 0.0493. The number of rotatable bonds is 7. The van der Waals surface area contributed by atoms with Crippen LogP contribution in [0.4, 0.5) is 8.78 Å². The van der Waals surface area contributed by atoms with Crippen molar-refractivity contribution in [2.45, 2.75) is 16.2 Å². The van der Waals surface area contributed by atoms with Crippen molar-refractivity contribution in [2.24, 2.45) is 0 Å². The highest BCUT2D eigenvalue weighted by atomic mass is 32.2. The van der Waals surface area contributed by atoms with E-state index in [9.17, 15) is 22.0 Å². The molecule has 0 saturated carbocycles. The van der Waals surface area contributed by atoms with Gasteiger partial charge in [-0.2, -0.15) is 0 Å². The average molecular weight is 372 g/mol. The molecule has 0 heterocycles. The summed E-state index contributed by atoms with van der Waals surface area (Å²) in [4.78, 5) is 14.1. The predicted molar refractivity (Wildman–Crippen MR) is 86.6 cm³/mol. The van der Waals surface area contributed by atoms with Gasteiger partial charge >= 0.3 is 0 Å². The summed E-state index contributed by atoms with van der Waals surface area (Å²) in [6.45, 7) is 0. The lowest BCUT2D eigenvalue weighted by atomic mass is 10.4. The number of halogens is 2. The molecule has 0 aromatic heterocycles. The maximum Gasteiger partial charge on any atom is 0.257 e. The smallest absolute Gasteiger partial charge is 0.257 e. The molecule has 2 rings (SSSR count). The molecule has 2 N–H and O–H groups in total. The Bertz CT molecular complexity index is 812. The van der Waals surface area contributed by atoms with E-state index >= 15 is 0 Å². The molecule has 0 bridgehead atoms. The van der Waals surface area contributed by atoms with Crippen LogP contribution in [0.5, 0.6) is 0 Å². The second-order valence-corrected chi connectivity index (χ2v) is 7.51. The highest BCUT2D eigenvalue weighted by Gasteiger charge is 2.15. The van der Waals surface area contributed by atoms with Crippen molar-refractivity contribution >= 4 is 27.7 Å². The van der Waals surface area contributed by atoms with Crippen LogP contribution in [0.1, 0.15) is 6.42 Å². The third-order valence-electron chi connectivity index (χ3n) is 2.84. The van der Waals surface area contributed by atoms with Gasteiger partial charge in [0, 0.05) is 17.1 Å². The first kappa shape index (κ1) is 18.4. The molecule has 24 heavy (non-hydrogen) atoms. The van der Waals surface area contributed by atoms with Gasteiger partial charge in [-0.25, -0.2) is 17.2 Å². The number of sulfonamides is 1. The topological polar surface area (TPSA) is 75.3 Å². The van der Waals surface area contributed by atoms with Gasteiger partial charge in [-0.05, 0) is 42.5 Å². The Balaban J connectivity index is 1.79. The molecule has 0 saturated heterocycles. The molecule has 0 unspecified atom stereocenters. The Kier molecular flexibility index (Phi) is 6.29. The van der Waals surface area contributed by atoms with E-state index < -0.39 is 21.7 Å². The lowest BCUT2D eigenvalue weighted by Crippen LogP contribution is -2.41. The van der Waals surface area contributed by atoms with Gasteiger partial charge in [0.15, 0.2) is 0 Å². The summed E-state index contributed by atoms with van der Waals surface area (Å²) in [6, 6.07) is 10.2. The molecule has 128 valence electrons. The molecule has 0 aliphatic rings. The Morgan fingerprint density at radius 2 is 1.75 bits per heavy atom. The molecular weight excluding hydrogens is 358 g/mol. The fraction of sp³-hybridized carbons (Fsp3) is 0.133. The van der Waals surface area contributed by atoms with Crippen molar-refractivity contribution in [3.8, 4) is 0 Å². The van der Waals surface area contributed by atoms with Crippen LogP contribution >= 0.6 is 11.8 Å². The molecule has 0 radical (unpaired) electrons. The zero-order valence-corrected chi connectivity index (χ0v) is 14.0. The molecule has 5 nitrogen and oxygen atoms in total. The number of hydrogen-bond donors (Lipinski definition) is 2. The van der Waals surface area contributed by atoms with Crippen molar-refractivity contribution in [2.75, 3.05) is 5.75 Å². The van der Waals surface area contributed by atoms with Crippen LogP contribution in [-0.2, 0) is 14.8 Å². The summed E-state index contributed by atoms with van der Waals surface area (Å²) in [7, 11) is -4.03. The van der Waals surface area contributed by atoms with Gasteiger partial charge in [0.1, 0.15) is 11.6 Å². The fourth-order valence-corrected chi connectivity index (χ4v) is 3.42. The third kappa shape index (κ3) is 5.59. The van der Waals surface area contributed by atoms with Crippen LogP contribution in [0.15, 0.2) is 58.3 Å². The maximum atomic E-state index is 13.0. The van der Waals surface area contributed by atoms with E-state index in [-0.39, 0.29) is 17.1 Å². The van der Waals surface area contributed by atoms with E-state index in [1.54, 1.807) is 12.1 Å². The standard InChI is InChI=1S/C15H14F2N2O3S2/c16-11-4-6-13(7-5-11)23-9-8-15(20)18-19-24(21,22)14-3-1-2-12(17)10-14/h1-7,10,19H,8-9H2,(H,18,20). The number of amides is 1. The van der Waals surface area contributed by atoms with Crippen LogP contribution < -0.4 is 10.3 Å². The lowest BCUT2D eigenvalue weighted by molar-refractivity contribution is -0.121. The number of carbonyl (C=O) groups is 1. The summed E-state index contributed by atoms with van der Waals surface area (Å²) in [6.07, 6.45) is 0.0493. The lowest BCUT2D eigenvalue weighted by Gasteiger charge is -2.08. The number of carbonyl (C=O) groups excluding carboxylic acids is 1. The predicted octanol–water partition coefficient (Wildman–Crippen LogP) is 2.46. The van der Waals surface area contributed by atoms with Gasteiger partial charge in [0.05, 0.1) is 4.90 Å². The maximum absolute atomic E-state index is 13.0. The second kappa shape index (κ2) is 8.22.